The van der Waals surface area contributed by atoms with E-state index in [-0.39, 0.29) is 0 Å². The van der Waals surface area contributed by atoms with E-state index >= 15 is 0 Å². The highest BCUT2D eigenvalue weighted by molar-refractivity contribution is 5.19. The molecule has 0 unspecified atom stereocenters. The smallest absolute Gasteiger partial charge is 0.0626 e. The van der Waals surface area contributed by atoms with E-state index in [9.17, 15) is 0 Å². The van der Waals surface area contributed by atoms with E-state index in [4.69, 9.17) is 0 Å². The Bertz CT molecular complexity index is 336. The Kier molecular flexibility index (Phi) is 1.04. The number of fused-ring (bicyclic) bond motifs is 2. The SMILES string of the molecule is c1cc2n(c1)Cc1cccn1C2. The van der Waals surface area contributed by atoms with Crippen molar-refractivity contribution in [3.63, 3.8) is 0 Å². The van der Waals surface area contributed by atoms with E-state index in [2.05, 4.69) is 45.8 Å². The lowest BCUT2D eigenvalue weighted by Gasteiger charge is -2.18. The molecule has 0 bridgehead atoms. The van der Waals surface area contributed by atoms with Gasteiger partial charge in [-0.15, -0.1) is 0 Å². The topological polar surface area (TPSA) is 9.86 Å². The van der Waals surface area contributed by atoms with Crippen LogP contribution in [0.1, 0.15) is 11.4 Å². The average Bonchev–Trinajstić information content (AvgIpc) is 2.64. The molecule has 0 saturated heterocycles. The predicted octanol–water partition coefficient (Wildman–Crippen LogP) is 1.70. The fourth-order valence-corrected chi connectivity index (χ4v) is 1.84. The van der Waals surface area contributed by atoms with Crippen LogP contribution >= 0.6 is 0 Å². The molecule has 3 rings (SSSR count). The van der Waals surface area contributed by atoms with Crippen molar-refractivity contribution < 1.29 is 0 Å². The Labute approximate surface area is 71.1 Å². The largest absolute Gasteiger partial charge is 0.344 e. The van der Waals surface area contributed by atoms with Gasteiger partial charge in [-0.1, -0.05) is 0 Å². The highest BCUT2D eigenvalue weighted by atomic mass is 15.1. The third-order valence-electron chi connectivity index (χ3n) is 2.51. The molecule has 0 fully saturated rings. The molecule has 0 amide bonds. The summed E-state index contributed by atoms with van der Waals surface area (Å²) < 4.78 is 4.60. The van der Waals surface area contributed by atoms with Gasteiger partial charge in [-0.2, -0.15) is 0 Å². The summed E-state index contributed by atoms with van der Waals surface area (Å²) >= 11 is 0. The molecule has 2 nitrogen and oxygen atoms in total. The average molecular weight is 158 g/mol. The molecule has 2 aromatic heterocycles. The summed E-state index contributed by atoms with van der Waals surface area (Å²) in [5.74, 6) is 0. The van der Waals surface area contributed by atoms with Gasteiger partial charge in [0.1, 0.15) is 0 Å². The third-order valence-corrected chi connectivity index (χ3v) is 2.51. The molecule has 0 aliphatic carbocycles. The molecule has 60 valence electrons. The molecule has 0 radical (unpaired) electrons. The number of nitrogens with zero attached hydrogens (tertiary/aromatic N) is 2. The van der Waals surface area contributed by atoms with Crippen LogP contribution in [0.2, 0.25) is 0 Å². The zero-order valence-electron chi connectivity index (χ0n) is 6.77. The number of rotatable bonds is 0. The van der Waals surface area contributed by atoms with Crippen molar-refractivity contribution >= 4 is 0 Å². The summed E-state index contributed by atoms with van der Waals surface area (Å²) in [6.45, 7) is 2.05. The van der Waals surface area contributed by atoms with E-state index in [0.717, 1.165) is 13.1 Å². The summed E-state index contributed by atoms with van der Waals surface area (Å²) in [7, 11) is 0. The fourth-order valence-electron chi connectivity index (χ4n) is 1.84. The molecular formula is C10H10N2. The maximum atomic E-state index is 2.30. The van der Waals surface area contributed by atoms with Crippen LogP contribution in [-0.2, 0) is 13.1 Å². The van der Waals surface area contributed by atoms with Crippen LogP contribution < -0.4 is 0 Å². The van der Waals surface area contributed by atoms with Crippen molar-refractivity contribution in [3.8, 4) is 0 Å². The van der Waals surface area contributed by atoms with Crippen molar-refractivity contribution in [2.45, 2.75) is 13.1 Å². The van der Waals surface area contributed by atoms with Crippen LogP contribution in [0, 0.1) is 0 Å². The fraction of sp³-hybridized carbons (Fsp3) is 0.200. The number of hydrogen-bond acceptors (Lipinski definition) is 0. The first-order valence-corrected chi connectivity index (χ1v) is 4.21. The normalized spacial score (nSPS) is 14.0. The minimum atomic E-state index is 1.02. The second-order valence-electron chi connectivity index (χ2n) is 3.25. The highest BCUT2D eigenvalue weighted by Gasteiger charge is 2.11. The van der Waals surface area contributed by atoms with Gasteiger partial charge in [0.05, 0.1) is 13.1 Å². The van der Waals surface area contributed by atoms with E-state index in [1.165, 1.54) is 11.4 Å². The molecule has 0 N–H and O–H groups in total. The Morgan fingerprint density at radius 2 is 1.33 bits per heavy atom. The molecule has 1 aliphatic rings. The van der Waals surface area contributed by atoms with Crippen molar-refractivity contribution in [3.05, 3.63) is 48.0 Å². The Morgan fingerprint density at radius 3 is 1.83 bits per heavy atom. The van der Waals surface area contributed by atoms with Gasteiger partial charge in [0.15, 0.2) is 0 Å². The first-order valence-electron chi connectivity index (χ1n) is 4.21. The van der Waals surface area contributed by atoms with Crippen molar-refractivity contribution in [1.82, 2.24) is 9.13 Å². The molecule has 3 heterocycles. The van der Waals surface area contributed by atoms with Crippen molar-refractivity contribution in [2.24, 2.45) is 0 Å². The van der Waals surface area contributed by atoms with Crippen molar-refractivity contribution in [1.29, 1.82) is 0 Å². The zero-order valence-corrected chi connectivity index (χ0v) is 6.77. The maximum absolute atomic E-state index is 2.30. The summed E-state index contributed by atoms with van der Waals surface area (Å²) in [4.78, 5) is 0. The molecule has 0 aromatic carbocycles. The Hall–Kier alpha value is -1.44. The standard InChI is InChI=1S/C10H10N2/c1-3-9-7-12-6-2-4-10(12)8-11(9)5-1/h1-6H,7-8H2. The third kappa shape index (κ3) is 0.694. The minimum absolute atomic E-state index is 1.02. The second kappa shape index (κ2) is 2.03. The predicted molar refractivity (Wildman–Crippen MR) is 47.1 cm³/mol. The van der Waals surface area contributed by atoms with Crippen LogP contribution in [0.4, 0.5) is 0 Å². The highest BCUT2D eigenvalue weighted by Crippen LogP contribution is 2.16. The molecule has 1 aliphatic heterocycles. The summed E-state index contributed by atoms with van der Waals surface area (Å²) in [5, 5.41) is 0. The maximum Gasteiger partial charge on any atom is 0.0626 e. The van der Waals surface area contributed by atoms with Gasteiger partial charge in [-0.3, -0.25) is 0 Å². The van der Waals surface area contributed by atoms with Crippen LogP contribution in [0.5, 0.6) is 0 Å². The Balaban J connectivity index is 2.15. The van der Waals surface area contributed by atoms with E-state index in [0.29, 0.717) is 0 Å². The number of aromatic nitrogens is 2. The monoisotopic (exact) mass is 158 g/mol. The van der Waals surface area contributed by atoms with Gasteiger partial charge < -0.3 is 9.13 Å². The molecule has 2 heteroatoms. The lowest BCUT2D eigenvalue weighted by atomic mass is 10.3. The van der Waals surface area contributed by atoms with Crippen LogP contribution in [0.3, 0.4) is 0 Å². The zero-order chi connectivity index (χ0) is 7.97. The lowest BCUT2D eigenvalue weighted by molar-refractivity contribution is 0.592. The van der Waals surface area contributed by atoms with E-state index in [1.807, 2.05) is 0 Å². The first-order chi connectivity index (χ1) is 5.93. The van der Waals surface area contributed by atoms with Gasteiger partial charge in [-0.05, 0) is 24.3 Å². The molecule has 2 aromatic rings. The number of hydrogen-bond donors (Lipinski definition) is 0. The lowest BCUT2D eigenvalue weighted by Crippen LogP contribution is -2.16. The van der Waals surface area contributed by atoms with E-state index in [1.54, 1.807) is 0 Å². The van der Waals surface area contributed by atoms with Gasteiger partial charge in [0.2, 0.25) is 0 Å². The van der Waals surface area contributed by atoms with Gasteiger partial charge in [-0.25, -0.2) is 0 Å². The van der Waals surface area contributed by atoms with Gasteiger partial charge >= 0.3 is 0 Å². The van der Waals surface area contributed by atoms with Gasteiger partial charge in [0, 0.05) is 23.8 Å². The molecule has 0 spiro atoms. The summed E-state index contributed by atoms with van der Waals surface area (Å²) in [5.41, 5.74) is 2.80. The van der Waals surface area contributed by atoms with Crippen LogP contribution in [0.15, 0.2) is 36.7 Å². The molecular weight excluding hydrogens is 148 g/mol. The Morgan fingerprint density at radius 1 is 0.833 bits per heavy atom. The minimum Gasteiger partial charge on any atom is -0.344 e. The van der Waals surface area contributed by atoms with Gasteiger partial charge in [0.25, 0.3) is 0 Å². The molecule has 0 atom stereocenters. The van der Waals surface area contributed by atoms with Crippen LogP contribution in [-0.4, -0.2) is 9.13 Å². The molecule has 12 heavy (non-hydrogen) atoms. The van der Waals surface area contributed by atoms with Crippen LogP contribution in [0.25, 0.3) is 0 Å². The molecule has 0 saturated carbocycles. The second-order valence-corrected chi connectivity index (χ2v) is 3.25. The summed E-state index contributed by atoms with van der Waals surface area (Å²) in [6, 6.07) is 8.59. The summed E-state index contributed by atoms with van der Waals surface area (Å²) in [6.07, 6.45) is 4.29. The van der Waals surface area contributed by atoms with Crippen molar-refractivity contribution in [2.75, 3.05) is 0 Å². The first kappa shape index (κ1) is 6.12. The quantitative estimate of drug-likeness (QED) is 0.471. The van der Waals surface area contributed by atoms with E-state index < -0.39 is 0 Å².